The van der Waals surface area contributed by atoms with Crippen molar-refractivity contribution in [1.29, 1.82) is 0 Å². The fourth-order valence-electron chi connectivity index (χ4n) is 2.12. The molecule has 112 valence electrons. The smallest absolute Gasteiger partial charge is 0.272 e. The molecule has 2 rings (SSSR count). The molecule has 6 nitrogen and oxygen atoms in total. The van der Waals surface area contributed by atoms with E-state index in [1.54, 1.807) is 23.9 Å². The van der Waals surface area contributed by atoms with Crippen LogP contribution >= 0.6 is 0 Å². The van der Waals surface area contributed by atoms with E-state index < -0.39 is 0 Å². The van der Waals surface area contributed by atoms with Crippen LogP contribution in [0.5, 0.6) is 0 Å². The van der Waals surface area contributed by atoms with E-state index in [4.69, 9.17) is 5.73 Å². The minimum atomic E-state index is -0.384. The summed E-state index contributed by atoms with van der Waals surface area (Å²) in [6.07, 6.45) is 2.79. The standard InChI is InChI=1S/C15H20N4O2/c1-10(2)6-7-18-9-13(16)15(17-18)12-5-4-11(3)14(8-12)19(20)21/h4-5,8-10H,6-7,16H2,1-3H3. The van der Waals surface area contributed by atoms with E-state index in [1.807, 2.05) is 6.07 Å². The first kappa shape index (κ1) is 15.0. The van der Waals surface area contributed by atoms with Gasteiger partial charge in [-0.3, -0.25) is 14.8 Å². The van der Waals surface area contributed by atoms with Crippen molar-refractivity contribution < 1.29 is 4.92 Å². The van der Waals surface area contributed by atoms with Gasteiger partial charge < -0.3 is 5.73 Å². The zero-order chi connectivity index (χ0) is 15.6. The molecule has 0 saturated heterocycles. The number of nitro benzene ring substituents is 1. The number of aryl methyl sites for hydroxylation is 2. The molecular formula is C15H20N4O2. The topological polar surface area (TPSA) is 87.0 Å². The SMILES string of the molecule is Cc1ccc(-c2nn(CCC(C)C)cc2N)cc1[N+](=O)[O-]. The normalized spacial score (nSPS) is 11.0. The summed E-state index contributed by atoms with van der Waals surface area (Å²) >= 11 is 0. The van der Waals surface area contributed by atoms with Crippen molar-refractivity contribution in [3.8, 4) is 11.3 Å². The second-order valence-electron chi connectivity index (χ2n) is 5.64. The van der Waals surface area contributed by atoms with E-state index in [-0.39, 0.29) is 10.6 Å². The van der Waals surface area contributed by atoms with Crippen LogP contribution in [0.15, 0.2) is 24.4 Å². The molecule has 0 amide bonds. The van der Waals surface area contributed by atoms with Gasteiger partial charge in [0.1, 0.15) is 5.69 Å². The van der Waals surface area contributed by atoms with Crippen molar-refractivity contribution in [3.05, 3.63) is 40.1 Å². The van der Waals surface area contributed by atoms with E-state index >= 15 is 0 Å². The quantitative estimate of drug-likeness (QED) is 0.674. The van der Waals surface area contributed by atoms with Crippen molar-refractivity contribution in [1.82, 2.24) is 9.78 Å². The minimum Gasteiger partial charge on any atom is -0.396 e. The molecule has 0 radical (unpaired) electrons. The molecule has 0 aliphatic carbocycles. The number of nitrogens with two attached hydrogens (primary N) is 1. The maximum atomic E-state index is 11.0. The Bertz CT molecular complexity index is 662. The minimum absolute atomic E-state index is 0.0867. The molecule has 2 N–H and O–H groups in total. The Balaban J connectivity index is 2.34. The Kier molecular flexibility index (Phi) is 4.26. The van der Waals surface area contributed by atoms with Crippen LogP contribution in [-0.4, -0.2) is 14.7 Å². The molecule has 2 aromatic rings. The number of benzene rings is 1. The Labute approximate surface area is 123 Å². The van der Waals surface area contributed by atoms with Gasteiger partial charge >= 0.3 is 0 Å². The van der Waals surface area contributed by atoms with Gasteiger partial charge in [-0.05, 0) is 19.3 Å². The molecule has 0 aliphatic rings. The van der Waals surface area contributed by atoms with Crippen LogP contribution in [0, 0.1) is 23.0 Å². The Hall–Kier alpha value is -2.37. The summed E-state index contributed by atoms with van der Waals surface area (Å²) in [5.74, 6) is 0.583. The van der Waals surface area contributed by atoms with Gasteiger partial charge in [0.05, 0.1) is 10.6 Å². The van der Waals surface area contributed by atoms with E-state index in [9.17, 15) is 10.1 Å². The molecule has 0 saturated carbocycles. The number of nitro groups is 1. The molecule has 1 heterocycles. The van der Waals surface area contributed by atoms with Crippen LogP contribution in [0.4, 0.5) is 11.4 Å². The predicted octanol–water partition coefficient (Wildman–Crippen LogP) is 3.40. The van der Waals surface area contributed by atoms with Crippen molar-refractivity contribution in [2.45, 2.75) is 33.7 Å². The number of nitrogens with zero attached hydrogens (tertiary/aromatic N) is 3. The third-order valence-corrected chi connectivity index (χ3v) is 3.40. The van der Waals surface area contributed by atoms with Crippen molar-refractivity contribution in [3.63, 3.8) is 0 Å². The Morgan fingerprint density at radius 1 is 1.43 bits per heavy atom. The number of hydrogen-bond acceptors (Lipinski definition) is 4. The lowest BCUT2D eigenvalue weighted by molar-refractivity contribution is -0.385. The molecule has 0 unspecified atom stereocenters. The Morgan fingerprint density at radius 2 is 2.14 bits per heavy atom. The van der Waals surface area contributed by atoms with Gasteiger partial charge in [0, 0.05) is 29.9 Å². The maximum Gasteiger partial charge on any atom is 0.272 e. The number of anilines is 1. The molecule has 21 heavy (non-hydrogen) atoms. The molecule has 0 aliphatic heterocycles. The lowest BCUT2D eigenvalue weighted by atomic mass is 10.1. The first-order valence-corrected chi connectivity index (χ1v) is 6.97. The second-order valence-corrected chi connectivity index (χ2v) is 5.64. The molecule has 6 heteroatoms. The van der Waals surface area contributed by atoms with Crippen LogP contribution in [0.1, 0.15) is 25.8 Å². The lowest BCUT2D eigenvalue weighted by Gasteiger charge is -2.04. The van der Waals surface area contributed by atoms with E-state index in [0.717, 1.165) is 13.0 Å². The van der Waals surface area contributed by atoms with Crippen LogP contribution in [-0.2, 0) is 6.54 Å². The molecule has 1 aromatic carbocycles. The lowest BCUT2D eigenvalue weighted by Crippen LogP contribution is -2.02. The summed E-state index contributed by atoms with van der Waals surface area (Å²) in [5, 5.41) is 15.5. The largest absolute Gasteiger partial charge is 0.396 e. The highest BCUT2D eigenvalue weighted by Crippen LogP contribution is 2.29. The number of aromatic nitrogens is 2. The molecule has 0 fully saturated rings. The summed E-state index contributed by atoms with van der Waals surface area (Å²) in [5.41, 5.74) is 8.52. The highest BCUT2D eigenvalue weighted by atomic mass is 16.6. The Morgan fingerprint density at radius 3 is 2.76 bits per heavy atom. The average Bonchev–Trinajstić information content (AvgIpc) is 2.78. The van der Waals surface area contributed by atoms with Gasteiger partial charge in [0.2, 0.25) is 0 Å². The van der Waals surface area contributed by atoms with Gasteiger partial charge in [-0.25, -0.2) is 0 Å². The van der Waals surface area contributed by atoms with Crippen LogP contribution in [0.25, 0.3) is 11.3 Å². The number of rotatable bonds is 5. The monoisotopic (exact) mass is 288 g/mol. The fourth-order valence-corrected chi connectivity index (χ4v) is 2.12. The summed E-state index contributed by atoms with van der Waals surface area (Å²) in [7, 11) is 0. The van der Waals surface area contributed by atoms with E-state index in [0.29, 0.717) is 28.4 Å². The average molecular weight is 288 g/mol. The van der Waals surface area contributed by atoms with E-state index in [2.05, 4.69) is 18.9 Å². The zero-order valence-electron chi connectivity index (χ0n) is 12.5. The first-order valence-electron chi connectivity index (χ1n) is 6.97. The summed E-state index contributed by atoms with van der Waals surface area (Å²) < 4.78 is 1.80. The number of nitrogen functional groups attached to an aromatic ring is 1. The third kappa shape index (κ3) is 3.39. The molecule has 0 atom stereocenters. The maximum absolute atomic E-state index is 11.0. The van der Waals surface area contributed by atoms with Crippen LogP contribution in [0.2, 0.25) is 0 Å². The summed E-state index contributed by atoms with van der Waals surface area (Å²) in [6, 6.07) is 5.06. The molecular weight excluding hydrogens is 268 g/mol. The fraction of sp³-hybridized carbons (Fsp3) is 0.400. The molecule has 0 spiro atoms. The second kappa shape index (κ2) is 5.95. The molecule has 0 bridgehead atoms. The van der Waals surface area contributed by atoms with Gasteiger partial charge in [-0.15, -0.1) is 0 Å². The number of hydrogen-bond donors (Lipinski definition) is 1. The van der Waals surface area contributed by atoms with Crippen LogP contribution in [0.3, 0.4) is 0 Å². The molecule has 1 aromatic heterocycles. The highest BCUT2D eigenvalue weighted by molar-refractivity contribution is 5.74. The van der Waals surface area contributed by atoms with Crippen molar-refractivity contribution in [2.75, 3.05) is 5.73 Å². The predicted molar refractivity (Wildman–Crippen MR) is 82.9 cm³/mol. The van der Waals surface area contributed by atoms with E-state index in [1.165, 1.54) is 6.07 Å². The van der Waals surface area contributed by atoms with Gasteiger partial charge in [-0.2, -0.15) is 5.10 Å². The third-order valence-electron chi connectivity index (χ3n) is 3.40. The zero-order valence-corrected chi connectivity index (χ0v) is 12.5. The first-order chi connectivity index (χ1) is 9.88. The summed E-state index contributed by atoms with van der Waals surface area (Å²) in [6.45, 7) is 6.80. The van der Waals surface area contributed by atoms with Crippen LogP contribution < -0.4 is 5.73 Å². The van der Waals surface area contributed by atoms with Crippen molar-refractivity contribution in [2.24, 2.45) is 5.92 Å². The van der Waals surface area contributed by atoms with Gasteiger partial charge in [0.25, 0.3) is 5.69 Å². The highest BCUT2D eigenvalue weighted by Gasteiger charge is 2.15. The summed E-state index contributed by atoms with van der Waals surface area (Å²) in [4.78, 5) is 10.6. The van der Waals surface area contributed by atoms with Gasteiger partial charge in [0.15, 0.2) is 0 Å². The van der Waals surface area contributed by atoms with Crippen molar-refractivity contribution >= 4 is 11.4 Å². The van der Waals surface area contributed by atoms with Gasteiger partial charge in [-0.1, -0.05) is 26.0 Å².